The molecule has 16 heavy (non-hydrogen) atoms. The Morgan fingerprint density at radius 2 is 2.06 bits per heavy atom. The number of carbonyl (C=O) groups excluding carboxylic acids is 1. The van der Waals surface area contributed by atoms with Crippen LogP contribution >= 0.6 is 11.6 Å². The van der Waals surface area contributed by atoms with Gasteiger partial charge in [-0.25, -0.2) is 4.79 Å². The second kappa shape index (κ2) is 3.98. The molecule has 0 radical (unpaired) electrons. The molecule has 82 valence electrons. The zero-order valence-corrected chi connectivity index (χ0v) is 8.94. The molecular formula is C11H8ClNO3. The van der Waals surface area contributed by atoms with E-state index >= 15 is 0 Å². The standard InChI is InChI=1S/C11H8ClNO3/c12-8-3-1-2-4-9(8)13-6-7(11(15)16)5-10(13)14/h1-4,6H,5H2,(H,15,16). The molecular weight excluding hydrogens is 230 g/mol. The molecule has 1 aliphatic rings. The number of carboxylic acid groups (broad SMARTS) is 1. The number of halogens is 1. The molecule has 2 rings (SSSR count). The molecule has 0 aliphatic carbocycles. The van der Waals surface area contributed by atoms with Crippen LogP contribution in [0, 0.1) is 0 Å². The van der Waals surface area contributed by atoms with Crippen LogP contribution in [0.5, 0.6) is 0 Å². The van der Waals surface area contributed by atoms with Crippen molar-refractivity contribution >= 4 is 29.2 Å². The van der Waals surface area contributed by atoms with E-state index in [9.17, 15) is 9.59 Å². The lowest BCUT2D eigenvalue weighted by Crippen LogP contribution is -2.19. The third-order valence-corrected chi connectivity index (χ3v) is 2.60. The van der Waals surface area contributed by atoms with Crippen LogP contribution in [0.1, 0.15) is 6.42 Å². The van der Waals surface area contributed by atoms with Crippen molar-refractivity contribution in [1.82, 2.24) is 0 Å². The molecule has 4 nitrogen and oxygen atoms in total. The summed E-state index contributed by atoms with van der Waals surface area (Å²) >= 11 is 5.93. The van der Waals surface area contributed by atoms with Crippen LogP contribution in [-0.4, -0.2) is 17.0 Å². The Hall–Kier alpha value is -1.81. The number of nitrogens with zero attached hydrogens (tertiary/aromatic N) is 1. The molecule has 0 unspecified atom stereocenters. The number of carboxylic acids is 1. The number of benzene rings is 1. The fourth-order valence-electron chi connectivity index (χ4n) is 1.50. The largest absolute Gasteiger partial charge is 0.478 e. The average Bonchev–Trinajstić information content (AvgIpc) is 2.61. The summed E-state index contributed by atoms with van der Waals surface area (Å²) in [5, 5.41) is 9.20. The van der Waals surface area contributed by atoms with Gasteiger partial charge in [0.2, 0.25) is 5.91 Å². The molecule has 0 bridgehead atoms. The maximum Gasteiger partial charge on any atom is 0.333 e. The maximum absolute atomic E-state index is 11.6. The zero-order valence-electron chi connectivity index (χ0n) is 8.18. The van der Waals surface area contributed by atoms with Gasteiger partial charge in [-0.05, 0) is 12.1 Å². The minimum absolute atomic E-state index is 0.0740. The number of hydrogen-bond donors (Lipinski definition) is 1. The predicted octanol–water partition coefficient (Wildman–Crippen LogP) is 2.05. The van der Waals surface area contributed by atoms with Crippen LogP contribution < -0.4 is 4.90 Å². The normalized spacial score (nSPS) is 15.2. The van der Waals surface area contributed by atoms with E-state index in [4.69, 9.17) is 16.7 Å². The third-order valence-electron chi connectivity index (χ3n) is 2.28. The number of para-hydroxylation sites is 1. The molecule has 1 N–H and O–H groups in total. The SMILES string of the molecule is O=C(O)C1=CN(c2ccccc2Cl)C(=O)C1. The lowest BCUT2D eigenvalue weighted by Gasteiger charge is -2.14. The van der Waals surface area contributed by atoms with E-state index < -0.39 is 5.97 Å². The minimum atomic E-state index is -1.08. The van der Waals surface area contributed by atoms with Crippen LogP contribution in [0.2, 0.25) is 5.02 Å². The quantitative estimate of drug-likeness (QED) is 0.856. The van der Waals surface area contributed by atoms with Crippen molar-refractivity contribution in [3.63, 3.8) is 0 Å². The van der Waals surface area contributed by atoms with Gasteiger partial charge in [0.1, 0.15) is 0 Å². The van der Waals surface area contributed by atoms with Gasteiger partial charge in [0.25, 0.3) is 0 Å². The van der Waals surface area contributed by atoms with E-state index in [1.165, 1.54) is 11.1 Å². The Labute approximate surface area is 96.7 Å². The molecule has 1 amide bonds. The number of anilines is 1. The summed E-state index contributed by atoms with van der Waals surface area (Å²) in [5.74, 6) is -1.37. The van der Waals surface area contributed by atoms with E-state index in [1.807, 2.05) is 0 Å². The molecule has 0 spiro atoms. The Kier molecular flexibility index (Phi) is 2.66. The van der Waals surface area contributed by atoms with Gasteiger partial charge in [-0.3, -0.25) is 9.69 Å². The van der Waals surface area contributed by atoms with Gasteiger partial charge in [0.15, 0.2) is 0 Å². The second-order valence-corrected chi connectivity index (χ2v) is 3.76. The van der Waals surface area contributed by atoms with Crippen LogP contribution in [0.4, 0.5) is 5.69 Å². The lowest BCUT2D eigenvalue weighted by molar-refractivity contribution is -0.133. The highest BCUT2D eigenvalue weighted by Crippen LogP contribution is 2.30. The summed E-state index contributed by atoms with van der Waals surface area (Å²) in [7, 11) is 0. The fraction of sp³-hybridized carbons (Fsp3) is 0.0909. The van der Waals surface area contributed by atoms with Crippen molar-refractivity contribution in [1.29, 1.82) is 0 Å². The Balaban J connectivity index is 2.39. The molecule has 0 aromatic heterocycles. The summed E-state index contributed by atoms with van der Waals surface area (Å²) < 4.78 is 0. The minimum Gasteiger partial charge on any atom is -0.478 e. The predicted molar refractivity (Wildman–Crippen MR) is 59.3 cm³/mol. The van der Waals surface area contributed by atoms with Crippen molar-refractivity contribution in [2.45, 2.75) is 6.42 Å². The van der Waals surface area contributed by atoms with Crippen LogP contribution in [-0.2, 0) is 9.59 Å². The van der Waals surface area contributed by atoms with Crippen molar-refractivity contribution in [2.24, 2.45) is 0 Å². The molecule has 0 fully saturated rings. The fourth-order valence-corrected chi connectivity index (χ4v) is 1.73. The molecule has 5 heteroatoms. The highest BCUT2D eigenvalue weighted by atomic mass is 35.5. The van der Waals surface area contributed by atoms with Crippen molar-refractivity contribution in [2.75, 3.05) is 4.90 Å². The van der Waals surface area contributed by atoms with E-state index in [-0.39, 0.29) is 17.9 Å². The van der Waals surface area contributed by atoms with Gasteiger partial charge < -0.3 is 5.11 Å². The van der Waals surface area contributed by atoms with Crippen LogP contribution in [0.3, 0.4) is 0 Å². The van der Waals surface area contributed by atoms with Gasteiger partial charge in [-0.1, -0.05) is 23.7 Å². The lowest BCUT2D eigenvalue weighted by atomic mass is 10.2. The van der Waals surface area contributed by atoms with Crippen molar-refractivity contribution < 1.29 is 14.7 Å². The Morgan fingerprint density at radius 3 is 2.62 bits per heavy atom. The number of amides is 1. The second-order valence-electron chi connectivity index (χ2n) is 3.35. The van der Waals surface area contributed by atoms with Gasteiger partial charge in [-0.2, -0.15) is 0 Å². The number of aliphatic carboxylic acids is 1. The summed E-state index contributed by atoms with van der Waals surface area (Å²) in [4.78, 5) is 23.6. The summed E-state index contributed by atoms with van der Waals surface area (Å²) in [6.45, 7) is 0. The van der Waals surface area contributed by atoms with Crippen molar-refractivity contribution in [3.8, 4) is 0 Å². The monoisotopic (exact) mass is 237 g/mol. The average molecular weight is 238 g/mol. The molecule has 0 saturated carbocycles. The molecule has 1 aromatic rings. The van der Waals surface area contributed by atoms with E-state index in [1.54, 1.807) is 24.3 Å². The summed E-state index contributed by atoms with van der Waals surface area (Å²) in [5.41, 5.74) is 0.579. The number of hydrogen-bond acceptors (Lipinski definition) is 2. The van der Waals surface area contributed by atoms with Gasteiger partial charge >= 0.3 is 5.97 Å². The smallest absolute Gasteiger partial charge is 0.333 e. The molecule has 1 aliphatic heterocycles. The molecule has 0 atom stereocenters. The number of carbonyl (C=O) groups is 2. The third kappa shape index (κ3) is 1.79. The first-order valence-corrected chi connectivity index (χ1v) is 4.98. The zero-order chi connectivity index (χ0) is 11.7. The van der Waals surface area contributed by atoms with E-state index in [2.05, 4.69) is 0 Å². The van der Waals surface area contributed by atoms with E-state index in [0.717, 1.165) is 0 Å². The Morgan fingerprint density at radius 1 is 1.38 bits per heavy atom. The molecule has 1 heterocycles. The molecule has 0 saturated heterocycles. The topological polar surface area (TPSA) is 57.6 Å². The van der Waals surface area contributed by atoms with Crippen LogP contribution in [0.15, 0.2) is 36.0 Å². The maximum atomic E-state index is 11.6. The van der Waals surface area contributed by atoms with Gasteiger partial charge in [0, 0.05) is 6.20 Å². The van der Waals surface area contributed by atoms with Gasteiger partial charge in [0.05, 0.1) is 22.7 Å². The number of rotatable bonds is 2. The summed E-state index contributed by atoms with van der Waals surface area (Å²) in [6, 6.07) is 6.80. The first kappa shape index (κ1) is 10.7. The summed E-state index contributed by atoms with van der Waals surface area (Å²) in [6.07, 6.45) is 1.21. The van der Waals surface area contributed by atoms with Gasteiger partial charge in [-0.15, -0.1) is 0 Å². The Bertz CT molecular complexity index is 496. The first-order valence-electron chi connectivity index (χ1n) is 4.60. The highest BCUT2D eigenvalue weighted by Gasteiger charge is 2.27. The van der Waals surface area contributed by atoms with Crippen molar-refractivity contribution in [3.05, 3.63) is 41.1 Å². The first-order chi connectivity index (χ1) is 7.59. The van der Waals surface area contributed by atoms with E-state index in [0.29, 0.717) is 10.7 Å². The van der Waals surface area contributed by atoms with Crippen LogP contribution in [0.25, 0.3) is 0 Å². The highest BCUT2D eigenvalue weighted by molar-refractivity contribution is 6.34. The molecule has 1 aromatic carbocycles.